The lowest BCUT2D eigenvalue weighted by molar-refractivity contribution is -0.137. The standard InChI is InChI=1S/C13H11BrF3N3O/c14-11-3-2-9(13(15,16)17)8-10(11)12(21)18-5-7-20-6-1-4-19-20/h1-4,6,8H,5,7H2,(H,18,21). The minimum atomic E-state index is -4.48. The number of carbonyl (C=O) groups is 1. The molecule has 0 spiro atoms. The van der Waals surface area contributed by atoms with Crippen LogP contribution in [0, 0.1) is 0 Å². The van der Waals surface area contributed by atoms with E-state index >= 15 is 0 Å². The van der Waals surface area contributed by atoms with Crippen molar-refractivity contribution in [3.8, 4) is 0 Å². The predicted molar refractivity (Wildman–Crippen MR) is 73.7 cm³/mol. The number of halogens is 4. The Morgan fingerprint density at radius 3 is 2.76 bits per heavy atom. The molecule has 2 rings (SSSR count). The van der Waals surface area contributed by atoms with Crippen molar-refractivity contribution in [1.29, 1.82) is 0 Å². The first-order valence-electron chi connectivity index (χ1n) is 6.00. The van der Waals surface area contributed by atoms with Gasteiger partial charge in [0.1, 0.15) is 0 Å². The van der Waals surface area contributed by atoms with Crippen LogP contribution in [0.5, 0.6) is 0 Å². The van der Waals surface area contributed by atoms with Crippen LogP contribution >= 0.6 is 15.9 Å². The molecule has 112 valence electrons. The van der Waals surface area contributed by atoms with E-state index < -0.39 is 17.6 Å². The Bertz CT molecular complexity index is 626. The highest BCUT2D eigenvalue weighted by Crippen LogP contribution is 2.31. The molecular formula is C13H11BrF3N3O. The molecule has 0 aliphatic rings. The Balaban J connectivity index is 2.04. The lowest BCUT2D eigenvalue weighted by Gasteiger charge is -2.11. The minimum absolute atomic E-state index is 0.0507. The molecule has 0 aliphatic carbocycles. The largest absolute Gasteiger partial charge is 0.416 e. The first-order valence-corrected chi connectivity index (χ1v) is 6.79. The highest BCUT2D eigenvalue weighted by molar-refractivity contribution is 9.10. The third kappa shape index (κ3) is 4.07. The molecule has 0 fully saturated rings. The van der Waals surface area contributed by atoms with Crippen LogP contribution in [0.25, 0.3) is 0 Å². The molecule has 1 amide bonds. The van der Waals surface area contributed by atoms with E-state index in [0.29, 0.717) is 11.0 Å². The van der Waals surface area contributed by atoms with Gasteiger partial charge in [0.15, 0.2) is 0 Å². The average Bonchev–Trinajstić information content (AvgIpc) is 2.91. The molecule has 8 heteroatoms. The molecule has 0 radical (unpaired) electrons. The maximum atomic E-state index is 12.6. The zero-order valence-electron chi connectivity index (χ0n) is 10.7. The van der Waals surface area contributed by atoms with Crippen LogP contribution in [0.3, 0.4) is 0 Å². The van der Waals surface area contributed by atoms with Gasteiger partial charge in [0.2, 0.25) is 0 Å². The number of hydrogen-bond donors (Lipinski definition) is 1. The number of rotatable bonds is 4. The normalized spacial score (nSPS) is 11.4. The lowest BCUT2D eigenvalue weighted by atomic mass is 10.1. The molecule has 0 saturated heterocycles. The van der Waals surface area contributed by atoms with Crippen LogP contribution < -0.4 is 5.32 Å². The van der Waals surface area contributed by atoms with Crippen molar-refractivity contribution in [3.63, 3.8) is 0 Å². The summed E-state index contributed by atoms with van der Waals surface area (Å²) in [7, 11) is 0. The number of nitrogens with one attached hydrogen (secondary N) is 1. The molecule has 0 bridgehead atoms. The van der Waals surface area contributed by atoms with Crippen molar-refractivity contribution >= 4 is 21.8 Å². The van der Waals surface area contributed by atoms with Gasteiger partial charge in [0, 0.05) is 23.4 Å². The van der Waals surface area contributed by atoms with Crippen molar-refractivity contribution in [2.75, 3.05) is 6.54 Å². The predicted octanol–water partition coefficient (Wildman–Crippen LogP) is 3.09. The number of benzene rings is 1. The third-order valence-electron chi connectivity index (χ3n) is 2.72. The van der Waals surface area contributed by atoms with Crippen LogP contribution in [0.15, 0.2) is 41.1 Å². The van der Waals surface area contributed by atoms with Gasteiger partial charge in [-0.3, -0.25) is 9.48 Å². The maximum absolute atomic E-state index is 12.6. The fraction of sp³-hybridized carbons (Fsp3) is 0.231. The van der Waals surface area contributed by atoms with E-state index in [4.69, 9.17) is 0 Å². The summed E-state index contributed by atoms with van der Waals surface area (Å²) in [5.41, 5.74) is -0.909. The molecule has 1 heterocycles. The highest BCUT2D eigenvalue weighted by Gasteiger charge is 2.31. The number of nitrogens with zero attached hydrogens (tertiary/aromatic N) is 2. The molecule has 1 N–H and O–H groups in total. The first-order chi connectivity index (χ1) is 9.88. The van der Waals surface area contributed by atoms with E-state index in [2.05, 4.69) is 26.3 Å². The van der Waals surface area contributed by atoms with Crippen LogP contribution in [0.4, 0.5) is 13.2 Å². The van der Waals surface area contributed by atoms with Crippen molar-refractivity contribution in [3.05, 3.63) is 52.3 Å². The van der Waals surface area contributed by atoms with E-state index in [1.54, 1.807) is 23.1 Å². The van der Waals surface area contributed by atoms with E-state index in [1.165, 1.54) is 6.07 Å². The summed E-state index contributed by atoms with van der Waals surface area (Å²) in [6.07, 6.45) is -1.15. The SMILES string of the molecule is O=C(NCCn1cccn1)c1cc(C(F)(F)F)ccc1Br. The Hall–Kier alpha value is -1.83. The van der Waals surface area contributed by atoms with Crippen LogP contribution in [-0.2, 0) is 12.7 Å². The molecule has 1 aromatic carbocycles. The third-order valence-corrected chi connectivity index (χ3v) is 3.42. The number of carbonyl (C=O) groups excluding carboxylic acids is 1. The zero-order chi connectivity index (χ0) is 15.5. The van der Waals surface area contributed by atoms with E-state index in [1.807, 2.05) is 0 Å². The second kappa shape index (κ2) is 6.30. The monoisotopic (exact) mass is 361 g/mol. The number of amides is 1. The molecular weight excluding hydrogens is 351 g/mol. The van der Waals surface area contributed by atoms with Crippen LogP contribution in [-0.4, -0.2) is 22.2 Å². The Morgan fingerprint density at radius 1 is 1.38 bits per heavy atom. The number of aromatic nitrogens is 2. The second-order valence-corrected chi connectivity index (χ2v) is 5.07. The quantitative estimate of drug-likeness (QED) is 0.909. The molecule has 2 aromatic rings. The molecule has 0 saturated carbocycles. The van der Waals surface area contributed by atoms with Gasteiger partial charge in [-0.15, -0.1) is 0 Å². The fourth-order valence-electron chi connectivity index (χ4n) is 1.69. The Morgan fingerprint density at radius 2 is 2.14 bits per heavy atom. The average molecular weight is 362 g/mol. The van der Waals surface area contributed by atoms with Crippen molar-refractivity contribution < 1.29 is 18.0 Å². The van der Waals surface area contributed by atoms with Gasteiger partial charge in [-0.1, -0.05) is 0 Å². The smallest absolute Gasteiger partial charge is 0.350 e. The molecule has 0 aliphatic heterocycles. The van der Waals surface area contributed by atoms with Gasteiger partial charge in [0.05, 0.1) is 17.7 Å². The summed E-state index contributed by atoms with van der Waals surface area (Å²) < 4.78 is 39.9. The lowest BCUT2D eigenvalue weighted by Crippen LogP contribution is -2.28. The topological polar surface area (TPSA) is 46.9 Å². The minimum Gasteiger partial charge on any atom is -0.350 e. The van der Waals surface area contributed by atoms with Crippen molar-refractivity contribution in [2.45, 2.75) is 12.7 Å². The number of alkyl halides is 3. The van der Waals surface area contributed by atoms with Crippen molar-refractivity contribution in [1.82, 2.24) is 15.1 Å². The van der Waals surface area contributed by atoms with Crippen LogP contribution in [0.1, 0.15) is 15.9 Å². The molecule has 21 heavy (non-hydrogen) atoms. The van der Waals surface area contributed by atoms with E-state index in [0.717, 1.165) is 12.1 Å². The maximum Gasteiger partial charge on any atom is 0.416 e. The molecule has 1 aromatic heterocycles. The van der Waals surface area contributed by atoms with Gasteiger partial charge < -0.3 is 5.32 Å². The highest BCUT2D eigenvalue weighted by atomic mass is 79.9. The first kappa shape index (κ1) is 15.6. The molecule has 4 nitrogen and oxygen atoms in total. The molecule has 0 unspecified atom stereocenters. The Kier molecular flexibility index (Phi) is 4.66. The second-order valence-electron chi connectivity index (χ2n) is 4.22. The van der Waals surface area contributed by atoms with Crippen LogP contribution in [0.2, 0.25) is 0 Å². The number of hydrogen-bond acceptors (Lipinski definition) is 2. The van der Waals surface area contributed by atoms with Gasteiger partial charge in [-0.05, 0) is 40.2 Å². The summed E-state index contributed by atoms with van der Waals surface area (Å²) in [5, 5.41) is 6.52. The fourth-order valence-corrected chi connectivity index (χ4v) is 2.11. The summed E-state index contributed by atoms with van der Waals surface area (Å²) in [6, 6.07) is 4.70. The summed E-state index contributed by atoms with van der Waals surface area (Å²) in [5.74, 6) is -0.569. The summed E-state index contributed by atoms with van der Waals surface area (Å²) >= 11 is 3.08. The van der Waals surface area contributed by atoms with E-state index in [9.17, 15) is 18.0 Å². The van der Waals surface area contributed by atoms with Gasteiger partial charge in [-0.25, -0.2) is 0 Å². The van der Waals surface area contributed by atoms with Crippen molar-refractivity contribution in [2.24, 2.45) is 0 Å². The van der Waals surface area contributed by atoms with Gasteiger partial charge in [0.25, 0.3) is 5.91 Å². The molecule has 0 atom stereocenters. The zero-order valence-corrected chi connectivity index (χ0v) is 12.3. The van der Waals surface area contributed by atoms with E-state index in [-0.39, 0.29) is 12.1 Å². The Labute approximate surface area is 127 Å². The van der Waals surface area contributed by atoms with Gasteiger partial charge in [-0.2, -0.15) is 18.3 Å². The van der Waals surface area contributed by atoms with Gasteiger partial charge >= 0.3 is 6.18 Å². The summed E-state index contributed by atoms with van der Waals surface area (Å²) in [4.78, 5) is 11.9. The summed E-state index contributed by atoms with van der Waals surface area (Å²) in [6.45, 7) is 0.707.